The van der Waals surface area contributed by atoms with Crippen molar-refractivity contribution in [1.29, 1.82) is 0 Å². The normalized spacial score (nSPS) is 12.9. The van der Waals surface area contributed by atoms with E-state index in [4.69, 9.17) is 5.73 Å². The van der Waals surface area contributed by atoms with Crippen molar-refractivity contribution < 1.29 is 8.78 Å². The molecule has 0 aliphatic heterocycles. The van der Waals surface area contributed by atoms with Crippen LogP contribution in [0.1, 0.15) is 17.4 Å². The van der Waals surface area contributed by atoms with Gasteiger partial charge in [-0.3, -0.25) is 4.90 Å². The third kappa shape index (κ3) is 3.02. The maximum atomic E-state index is 13.9. The topological polar surface area (TPSA) is 47.1 Å². The molecule has 0 radical (unpaired) electrons. The number of nitrogens with two attached hydrogens (primary N) is 1. The molecule has 2 rings (SSSR count). The number of benzene rings is 1. The lowest BCUT2D eigenvalue weighted by atomic mass is 10.0. The Kier molecular flexibility index (Phi) is 4.46. The highest BCUT2D eigenvalue weighted by Gasteiger charge is 2.20. The number of imidazole rings is 1. The molecule has 1 atom stereocenters. The summed E-state index contributed by atoms with van der Waals surface area (Å²) < 4.78 is 29.0. The van der Waals surface area contributed by atoms with Crippen LogP contribution in [0.5, 0.6) is 0 Å². The van der Waals surface area contributed by atoms with Crippen molar-refractivity contribution in [2.45, 2.75) is 12.6 Å². The van der Waals surface area contributed by atoms with Crippen LogP contribution in [-0.4, -0.2) is 28.0 Å². The van der Waals surface area contributed by atoms with Gasteiger partial charge in [-0.05, 0) is 25.2 Å². The smallest absolute Gasteiger partial charge is 0.128 e. The fourth-order valence-electron chi connectivity index (χ4n) is 2.20. The van der Waals surface area contributed by atoms with Gasteiger partial charge in [0.25, 0.3) is 0 Å². The van der Waals surface area contributed by atoms with E-state index >= 15 is 0 Å². The molecule has 1 aromatic carbocycles. The van der Waals surface area contributed by atoms with E-state index in [1.165, 1.54) is 6.07 Å². The van der Waals surface area contributed by atoms with Crippen LogP contribution in [0.3, 0.4) is 0 Å². The molecular formula is C14H18F2N4. The molecule has 0 fully saturated rings. The van der Waals surface area contributed by atoms with Crippen LogP contribution in [0.25, 0.3) is 0 Å². The first-order chi connectivity index (χ1) is 9.52. The second-order valence-electron chi connectivity index (χ2n) is 4.79. The number of hydrogen-bond donors (Lipinski definition) is 1. The monoisotopic (exact) mass is 280 g/mol. The van der Waals surface area contributed by atoms with Crippen molar-refractivity contribution >= 4 is 0 Å². The summed E-state index contributed by atoms with van der Waals surface area (Å²) in [5, 5.41) is 0. The molecule has 0 aliphatic carbocycles. The number of aryl methyl sites for hydroxylation is 1. The van der Waals surface area contributed by atoms with Gasteiger partial charge in [0.15, 0.2) is 0 Å². The van der Waals surface area contributed by atoms with Gasteiger partial charge in [0.2, 0.25) is 0 Å². The van der Waals surface area contributed by atoms with Crippen LogP contribution in [-0.2, 0) is 13.6 Å². The van der Waals surface area contributed by atoms with Crippen LogP contribution < -0.4 is 5.73 Å². The van der Waals surface area contributed by atoms with E-state index in [0.717, 1.165) is 18.0 Å². The SMILES string of the molecule is CN(Cc1nccn1C)C(CN)c1cc(F)ccc1F. The molecule has 0 saturated carbocycles. The second-order valence-corrected chi connectivity index (χ2v) is 4.79. The highest BCUT2D eigenvalue weighted by molar-refractivity contribution is 5.23. The first kappa shape index (κ1) is 14.6. The zero-order valence-corrected chi connectivity index (χ0v) is 11.6. The molecule has 0 spiro atoms. The number of nitrogens with zero attached hydrogens (tertiary/aromatic N) is 3. The van der Waals surface area contributed by atoms with Gasteiger partial charge in [0.05, 0.1) is 12.6 Å². The summed E-state index contributed by atoms with van der Waals surface area (Å²) in [6.45, 7) is 0.697. The Labute approximate surface area is 116 Å². The lowest BCUT2D eigenvalue weighted by Crippen LogP contribution is -2.31. The van der Waals surface area contributed by atoms with E-state index in [-0.39, 0.29) is 12.1 Å². The molecule has 108 valence electrons. The van der Waals surface area contributed by atoms with E-state index in [1.54, 1.807) is 6.20 Å². The summed E-state index contributed by atoms with van der Waals surface area (Å²) in [4.78, 5) is 6.08. The largest absolute Gasteiger partial charge is 0.337 e. The van der Waals surface area contributed by atoms with E-state index < -0.39 is 17.7 Å². The average molecular weight is 280 g/mol. The maximum Gasteiger partial charge on any atom is 0.128 e. The van der Waals surface area contributed by atoms with Crippen LogP contribution in [0, 0.1) is 11.6 Å². The van der Waals surface area contributed by atoms with Gasteiger partial charge in [-0.2, -0.15) is 0 Å². The van der Waals surface area contributed by atoms with Gasteiger partial charge >= 0.3 is 0 Å². The highest BCUT2D eigenvalue weighted by Crippen LogP contribution is 2.23. The molecule has 20 heavy (non-hydrogen) atoms. The number of likely N-dealkylation sites (N-methyl/N-ethyl adjacent to an activating group) is 1. The van der Waals surface area contributed by atoms with Gasteiger partial charge in [0, 0.05) is 31.5 Å². The molecular weight excluding hydrogens is 262 g/mol. The number of rotatable bonds is 5. The van der Waals surface area contributed by atoms with Crippen LogP contribution in [0.2, 0.25) is 0 Å². The first-order valence-corrected chi connectivity index (χ1v) is 6.34. The van der Waals surface area contributed by atoms with Crippen molar-refractivity contribution in [2.24, 2.45) is 12.8 Å². The Morgan fingerprint density at radius 3 is 2.75 bits per heavy atom. The summed E-state index contributed by atoms with van der Waals surface area (Å²) in [6, 6.07) is 3.02. The Balaban J connectivity index is 2.23. The quantitative estimate of drug-likeness (QED) is 0.909. The molecule has 0 saturated heterocycles. The minimum atomic E-state index is -0.467. The summed E-state index contributed by atoms with van der Waals surface area (Å²) in [7, 11) is 3.70. The summed E-state index contributed by atoms with van der Waals surface area (Å²) in [6.07, 6.45) is 3.53. The van der Waals surface area contributed by atoms with E-state index in [1.807, 2.05) is 29.8 Å². The molecule has 1 aromatic heterocycles. The van der Waals surface area contributed by atoms with Crippen LogP contribution >= 0.6 is 0 Å². The number of aromatic nitrogens is 2. The number of halogens is 2. The van der Waals surface area contributed by atoms with Crippen molar-refractivity contribution in [1.82, 2.24) is 14.5 Å². The molecule has 0 amide bonds. The molecule has 1 heterocycles. The van der Waals surface area contributed by atoms with E-state index in [2.05, 4.69) is 4.98 Å². The predicted octanol–water partition coefficient (Wildman–Crippen LogP) is 1.83. The molecule has 4 nitrogen and oxygen atoms in total. The Hall–Kier alpha value is -1.79. The first-order valence-electron chi connectivity index (χ1n) is 6.34. The van der Waals surface area contributed by atoms with Gasteiger partial charge in [-0.15, -0.1) is 0 Å². The van der Waals surface area contributed by atoms with Gasteiger partial charge in [-0.1, -0.05) is 0 Å². The van der Waals surface area contributed by atoms with Crippen molar-refractivity contribution in [2.75, 3.05) is 13.6 Å². The van der Waals surface area contributed by atoms with E-state index in [9.17, 15) is 8.78 Å². The highest BCUT2D eigenvalue weighted by atomic mass is 19.1. The minimum absolute atomic E-state index is 0.196. The fourth-order valence-corrected chi connectivity index (χ4v) is 2.20. The molecule has 2 N–H and O–H groups in total. The lowest BCUT2D eigenvalue weighted by Gasteiger charge is -2.27. The third-order valence-electron chi connectivity index (χ3n) is 3.38. The molecule has 2 aromatic rings. The second kappa shape index (κ2) is 6.11. The van der Waals surface area contributed by atoms with Crippen molar-refractivity contribution in [3.8, 4) is 0 Å². The fraction of sp³-hybridized carbons (Fsp3) is 0.357. The summed E-state index contributed by atoms with van der Waals surface area (Å²) >= 11 is 0. The zero-order valence-electron chi connectivity index (χ0n) is 11.6. The molecule has 0 bridgehead atoms. The Morgan fingerprint density at radius 2 is 2.15 bits per heavy atom. The molecule has 0 aliphatic rings. The predicted molar refractivity (Wildman–Crippen MR) is 72.8 cm³/mol. The van der Waals surface area contributed by atoms with Gasteiger partial charge in [0.1, 0.15) is 17.5 Å². The Bertz CT molecular complexity index is 582. The van der Waals surface area contributed by atoms with Crippen LogP contribution in [0.15, 0.2) is 30.6 Å². The molecule has 1 unspecified atom stereocenters. The standard InChI is InChI=1S/C14H18F2N4/c1-19-6-5-18-14(19)9-20(2)13(8-17)11-7-10(15)3-4-12(11)16/h3-7,13H,8-9,17H2,1-2H3. The van der Waals surface area contributed by atoms with Crippen LogP contribution in [0.4, 0.5) is 8.78 Å². The lowest BCUT2D eigenvalue weighted by molar-refractivity contribution is 0.228. The van der Waals surface area contributed by atoms with Crippen molar-refractivity contribution in [3.05, 3.63) is 53.6 Å². The summed E-state index contributed by atoms with van der Waals surface area (Å²) in [5.74, 6) is -0.0819. The third-order valence-corrected chi connectivity index (χ3v) is 3.38. The molecule has 6 heteroatoms. The minimum Gasteiger partial charge on any atom is -0.337 e. The van der Waals surface area contributed by atoms with Crippen molar-refractivity contribution in [3.63, 3.8) is 0 Å². The Morgan fingerprint density at radius 1 is 1.40 bits per heavy atom. The van der Waals surface area contributed by atoms with Gasteiger partial charge in [-0.25, -0.2) is 13.8 Å². The average Bonchev–Trinajstić information content (AvgIpc) is 2.80. The zero-order chi connectivity index (χ0) is 14.7. The van der Waals surface area contributed by atoms with Gasteiger partial charge < -0.3 is 10.3 Å². The number of hydrogen-bond acceptors (Lipinski definition) is 3. The summed E-state index contributed by atoms with van der Waals surface area (Å²) in [5.41, 5.74) is 6.00. The maximum absolute atomic E-state index is 13.9. The van der Waals surface area contributed by atoms with E-state index in [0.29, 0.717) is 6.54 Å².